The Bertz CT molecular complexity index is 1210. The van der Waals surface area contributed by atoms with Gasteiger partial charge in [-0.3, -0.25) is 4.79 Å². The molecule has 1 aliphatic rings. The zero-order valence-corrected chi connectivity index (χ0v) is 20.1. The minimum Gasteiger partial charge on any atom is -0.481 e. The highest BCUT2D eigenvalue weighted by Crippen LogP contribution is 2.38. The number of aromatic nitrogens is 2. The van der Waals surface area contributed by atoms with Crippen molar-refractivity contribution >= 4 is 29.1 Å². The summed E-state index contributed by atoms with van der Waals surface area (Å²) in [6.45, 7) is 2.92. The molecule has 1 amide bonds. The number of methoxy groups -OCH3 is 1. The molecule has 7 nitrogen and oxygen atoms in total. The smallest absolute Gasteiger partial charge is 0.255 e. The molecule has 1 aliphatic heterocycles. The Morgan fingerprint density at radius 2 is 1.85 bits per heavy atom. The first-order valence-corrected chi connectivity index (χ1v) is 11.4. The second-order valence-electron chi connectivity index (χ2n) is 8.06. The lowest BCUT2D eigenvalue weighted by atomic mass is 9.86. The fourth-order valence-electron chi connectivity index (χ4n) is 4.17. The number of hydrogen-bond acceptors (Lipinski definition) is 6. The normalized spacial score (nSPS) is 18.3. The molecule has 0 aliphatic carbocycles. The third-order valence-corrected chi connectivity index (χ3v) is 6.73. The number of benzene rings is 1. The van der Waals surface area contributed by atoms with E-state index in [1.165, 1.54) is 19.5 Å². The highest BCUT2D eigenvalue weighted by Gasteiger charge is 2.40. The van der Waals surface area contributed by atoms with Crippen molar-refractivity contribution in [2.24, 2.45) is 5.92 Å². The molecule has 0 bridgehead atoms. The van der Waals surface area contributed by atoms with Crippen molar-refractivity contribution in [1.82, 2.24) is 14.9 Å². The first kappa shape index (κ1) is 23.8. The molecule has 0 radical (unpaired) electrons. The zero-order valence-electron chi connectivity index (χ0n) is 18.6. The van der Waals surface area contributed by atoms with Gasteiger partial charge >= 0.3 is 0 Å². The molecule has 4 rings (SSSR count). The molecular formula is C25H22Cl2N4O3. The van der Waals surface area contributed by atoms with Crippen LogP contribution in [0.4, 0.5) is 0 Å². The Balaban J connectivity index is 1.59. The summed E-state index contributed by atoms with van der Waals surface area (Å²) in [7, 11) is 1.53. The number of amides is 1. The van der Waals surface area contributed by atoms with E-state index in [0.717, 1.165) is 5.56 Å². The van der Waals surface area contributed by atoms with Crippen LogP contribution in [0.2, 0.25) is 10.0 Å². The van der Waals surface area contributed by atoms with Crippen molar-refractivity contribution in [2.75, 3.05) is 20.2 Å². The van der Waals surface area contributed by atoms with Gasteiger partial charge in [0.1, 0.15) is 12.2 Å². The molecule has 3 aromatic rings. The van der Waals surface area contributed by atoms with Gasteiger partial charge in [-0.2, -0.15) is 5.26 Å². The summed E-state index contributed by atoms with van der Waals surface area (Å²) in [6.07, 6.45) is 2.72. The van der Waals surface area contributed by atoms with Gasteiger partial charge in [0.2, 0.25) is 11.8 Å². The van der Waals surface area contributed by atoms with Crippen LogP contribution in [0, 0.1) is 17.2 Å². The van der Waals surface area contributed by atoms with E-state index in [0.29, 0.717) is 46.0 Å². The Kier molecular flexibility index (Phi) is 7.20. The standard InChI is InChI=1S/C25H22Cl2N4O3/c1-15(34-24-7-3-16(10-28)11-29-24)19-13-31(25(32)18-5-8-23(33-2)30-12-18)14-20(19)17-4-6-21(26)22(27)9-17/h3-9,11-12,15,19-20H,13-14H2,1-2H3/t15-,19?,20+/m1/s1. The second kappa shape index (κ2) is 10.3. The van der Waals surface area contributed by atoms with Crippen LogP contribution in [0.25, 0.3) is 0 Å². The highest BCUT2D eigenvalue weighted by atomic mass is 35.5. The van der Waals surface area contributed by atoms with Crippen molar-refractivity contribution in [3.05, 3.63) is 81.6 Å². The van der Waals surface area contributed by atoms with Crippen molar-refractivity contribution in [3.63, 3.8) is 0 Å². The number of pyridine rings is 2. The molecule has 2 aromatic heterocycles. The maximum Gasteiger partial charge on any atom is 0.255 e. The summed E-state index contributed by atoms with van der Waals surface area (Å²) in [5, 5.41) is 9.93. The van der Waals surface area contributed by atoms with Gasteiger partial charge in [0.25, 0.3) is 5.91 Å². The lowest BCUT2D eigenvalue weighted by Gasteiger charge is -2.25. The first-order chi connectivity index (χ1) is 16.4. The molecule has 0 saturated carbocycles. The van der Waals surface area contributed by atoms with Gasteiger partial charge in [-0.1, -0.05) is 29.3 Å². The average Bonchev–Trinajstić information content (AvgIpc) is 3.31. The second-order valence-corrected chi connectivity index (χ2v) is 8.88. The molecule has 0 N–H and O–H groups in total. The van der Waals surface area contributed by atoms with Crippen LogP contribution in [-0.2, 0) is 0 Å². The number of hydrogen-bond donors (Lipinski definition) is 0. The minimum atomic E-state index is -0.272. The van der Waals surface area contributed by atoms with Gasteiger partial charge in [-0.15, -0.1) is 0 Å². The average molecular weight is 497 g/mol. The van der Waals surface area contributed by atoms with E-state index in [2.05, 4.69) is 9.97 Å². The van der Waals surface area contributed by atoms with Crippen LogP contribution >= 0.6 is 23.2 Å². The number of rotatable bonds is 6. The molecule has 0 spiro atoms. The van der Waals surface area contributed by atoms with Crippen LogP contribution < -0.4 is 9.47 Å². The minimum absolute atomic E-state index is 0.0293. The topological polar surface area (TPSA) is 88.3 Å². The molecule has 3 heterocycles. The van der Waals surface area contributed by atoms with E-state index in [1.807, 2.05) is 25.1 Å². The zero-order chi connectivity index (χ0) is 24.2. The maximum atomic E-state index is 13.3. The maximum absolute atomic E-state index is 13.3. The molecule has 34 heavy (non-hydrogen) atoms. The van der Waals surface area contributed by atoms with Crippen molar-refractivity contribution in [2.45, 2.75) is 18.9 Å². The van der Waals surface area contributed by atoms with Gasteiger partial charge in [-0.05, 0) is 36.8 Å². The lowest BCUT2D eigenvalue weighted by molar-refractivity contribution is 0.0769. The summed E-state index contributed by atoms with van der Waals surface area (Å²) < 4.78 is 11.2. The fourth-order valence-corrected chi connectivity index (χ4v) is 4.48. The molecule has 1 aromatic carbocycles. The van der Waals surface area contributed by atoms with Gasteiger partial charge in [-0.25, -0.2) is 9.97 Å². The first-order valence-electron chi connectivity index (χ1n) is 10.7. The van der Waals surface area contributed by atoms with Crippen molar-refractivity contribution < 1.29 is 14.3 Å². The van der Waals surface area contributed by atoms with E-state index in [4.69, 9.17) is 37.9 Å². The summed E-state index contributed by atoms with van der Waals surface area (Å²) in [6, 6.07) is 14.3. The van der Waals surface area contributed by atoms with Crippen LogP contribution in [0.5, 0.6) is 11.8 Å². The van der Waals surface area contributed by atoms with Crippen LogP contribution in [0.3, 0.4) is 0 Å². The predicted octanol–water partition coefficient (Wildman–Crippen LogP) is 4.99. The SMILES string of the molecule is COc1ccc(C(=O)N2CC([C@@H](C)Oc3ccc(C#N)cn3)[C@H](c3ccc(Cl)c(Cl)c3)C2)cn1. The molecule has 1 fully saturated rings. The number of ether oxygens (including phenoxy) is 2. The number of nitriles is 1. The Hall–Kier alpha value is -3.34. The largest absolute Gasteiger partial charge is 0.481 e. The highest BCUT2D eigenvalue weighted by molar-refractivity contribution is 6.42. The summed E-state index contributed by atoms with van der Waals surface area (Å²) in [5.41, 5.74) is 1.92. The summed E-state index contributed by atoms with van der Waals surface area (Å²) in [5.74, 6) is 0.680. The van der Waals surface area contributed by atoms with E-state index < -0.39 is 0 Å². The fraction of sp³-hybridized carbons (Fsp3) is 0.280. The van der Waals surface area contributed by atoms with Gasteiger partial charge < -0.3 is 14.4 Å². The van der Waals surface area contributed by atoms with Crippen LogP contribution in [-0.4, -0.2) is 47.1 Å². The number of carbonyl (C=O) groups is 1. The van der Waals surface area contributed by atoms with Crippen LogP contribution in [0.1, 0.15) is 34.3 Å². The molecule has 1 unspecified atom stereocenters. The van der Waals surface area contributed by atoms with E-state index in [9.17, 15) is 4.79 Å². The predicted molar refractivity (Wildman–Crippen MR) is 128 cm³/mol. The molecule has 1 saturated heterocycles. The van der Waals surface area contributed by atoms with E-state index in [-0.39, 0.29) is 23.8 Å². The van der Waals surface area contributed by atoms with Crippen molar-refractivity contribution in [3.8, 4) is 17.8 Å². The van der Waals surface area contributed by atoms with Gasteiger partial charge in [0.05, 0.1) is 28.3 Å². The van der Waals surface area contributed by atoms with Gasteiger partial charge in [0.15, 0.2) is 0 Å². The quantitative estimate of drug-likeness (QED) is 0.477. The van der Waals surface area contributed by atoms with Crippen molar-refractivity contribution in [1.29, 1.82) is 5.26 Å². The Morgan fingerprint density at radius 1 is 1.09 bits per heavy atom. The van der Waals surface area contributed by atoms with E-state index in [1.54, 1.807) is 35.2 Å². The Morgan fingerprint density at radius 3 is 2.47 bits per heavy atom. The third-order valence-electron chi connectivity index (χ3n) is 5.99. The number of halogens is 2. The Labute approximate surface area is 207 Å². The molecule has 3 atom stereocenters. The van der Waals surface area contributed by atoms with E-state index >= 15 is 0 Å². The monoisotopic (exact) mass is 496 g/mol. The number of likely N-dealkylation sites (tertiary alicyclic amines) is 1. The van der Waals surface area contributed by atoms with Crippen LogP contribution in [0.15, 0.2) is 54.9 Å². The molecule has 174 valence electrons. The summed E-state index contributed by atoms with van der Waals surface area (Å²) >= 11 is 12.4. The lowest BCUT2D eigenvalue weighted by Crippen LogP contribution is -2.32. The third kappa shape index (κ3) is 5.09. The van der Waals surface area contributed by atoms with Gasteiger partial charge in [0, 0.05) is 49.5 Å². The summed E-state index contributed by atoms with van der Waals surface area (Å²) in [4.78, 5) is 23.4. The molecular weight excluding hydrogens is 475 g/mol. The number of nitrogens with zero attached hydrogens (tertiary/aromatic N) is 4. The molecule has 9 heteroatoms. The number of carbonyl (C=O) groups excluding carboxylic acids is 1.